The maximum Gasteiger partial charge on any atom is 0.0393 e. The Morgan fingerprint density at radius 2 is 1.85 bits per heavy atom. The SMILES string of the molecule is C=Cc1cc(CC)c(C=C)cc1N. The highest BCUT2D eigenvalue weighted by Gasteiger charge is 2.01. The van der Waals surface area contributed by atoms with Gasteiger partial charge in [0.25, 0.3) is 0 Å². The van der Waals surface area contributed by atoms with E-state index in [1.165, 1.54) is 5.56 Å². The van der Waals surface area contributed by atoms with Crippen molar-refractivity contribution in [1.29, 1.82) is 0 Å². The summed E-state index contributed by atoms with van der Waals surface area (Å²) >= 11 is 0. The number of aryl methyl sites for hydroxylation is 1. The molecule has 0 aliphatic carbocycles. The molecule has 1 nitrogen and oxygen atoms in total. The largest absolute Gasteiger partial charge is 0.398 e. The predicted octanol–water partition coefficient (Wildman–Crippen LogP) is 3.12. The normalized spacial score (nSPS) is 9.62. The second kappa shape index (κ2) is 3.94. The van der Waals surface area contributed by atoms with Crippen LogP contribution in [0.4, 0.5) is 5.69 Å². The summed E-state index contributed by atoms with van der Waals surface area (Å²) in [6.07, 6.45) is 4.60. The standard InChI is InChI=1S/C12H15N/c1-4-9-7-11(6-3)12(13)8-10(9)5-2/h5-8H,2-4,13H2,1H3. The fourth-order valence-corrected chi connectivity index (χ4v) is 1.37. The average Bonchev–Trinajstić information content (AvgIpc) is 2.17. The lowest BCUT2D eigenvalue weighted by Crippen LogP contribution is -1.94. The highest BCUT2D eigenvalue weighted by molar-refractivity contribution is 5.69. The zero-order chi connectivity index (χ0) is 9.84. The fourth-order valence-electron chi connectivity index (χ4n) is 1.37. The van der Waals surface area contributed by atoms with Crippen molar-refractivity contribution < 1.29 is 0 Å². The Labute approximate surface area is 79.6 Å². The molecule has 2 N–H and O–H groups in total. The van der Waals surface area contributed by atoms with E-state index in [0.717, 1.165) is 23.2 Å². The monoisotopic (exact) mass is 173 g/mol. The van der Waals surface area contributed by atoms with Crippen molar-refractivity contribution in [3.05, 3.63) is 42.0 Å². The summed E-state index contributed by atoms with van der Waals surface area (Å²) in [5, 5.41) is 0. The molecule has 0 saturated heterocycles. The van der Waals surface area contributed by atoms with Crippen molar-refractivity contribution in [3.8, 4) is 0 Å². The number of rotatable bonds is 3. The third-order valence-electron chi connectivity index (χ3n) is 2.17. The molecule has 0 bridgehead atoms. The van der Waals surface area contributed by atoms with Crippen molar-refractivity contribution >= 4 is 17.8 Å². The van der Waals surface area contributed by atoms with Crippen LogP contribution >= 0.6 is 0 Å². The second-order valence-corrected chi connectivity index (χ2v) is 2.94. The third kappa shape index (κ3) is 1.81. The average molecular weight is 173 g/mol. The van der Waals surface area contributed by atoms with Crippen molar-refractivity contribution in [2.24, 2.45) is 0 Å². The molecule has 1 heteroatoms. The first-order chi connectivity index (χ1) is 6.22. The lowest BCUT2D eigenvalue weighted by atomic mass is 10.0. The molecule has 1 rings (SSSR count). The van der Waals surface area contributed by atoms with Crippen LogP contribution in [0, 0.1) is 0 Å². The van der Waals surface area contributed by atoms with E-state index in [2.05, 4.69) is 26.1 Å². The van der Waals surface area contributed by atoms with Crippen LogP contribution in [0.3, 0.4) is 0 Å². The van der Waals surface area contributed by atoms with Gasteiger partial charge in [0, 0.05) is 5.69 Å². The van der Waals surface area contributed by atoms with E-state index in [0.29, 0.717) is 0 Å². The van der Waals surface area contributed by atoms with Crippen molar-refractivity contribution in [1.82, 2.24) is 0 Å². The minimum atomic E-state index is 0.766. The molecule has 0 aromatic heterocycles. The van der Waals surface area contributed by atoms with Crippen LogP contribution in [-0.4, -0.2) is 0 Å². The van der Waals surface area contributed by atoms with Crippen LogP contribution in [0.15, 0.2) is 25.3 Å². The third-order valence-corrected chi connectivity index (χ3v) is 2.17. The van der Waals surface area contributed by atoms with Gasteiger partial charge in [-0.15, -0.1) is 0 Å². The molecule has 0 amide bonds. The molecule has 0 saturated carbocycles. The van der Waals surface area contributed by atoms with Gasteiger partial charge in [-0.3, -0.25) is 0 Å². The number of hydrogen-bond donors (Lipinski definition) is 1. The predicted molar refractivity (Wildman–Crippen MR) is 60.4 cm³/mol. The molecule has 0 spiro atoms. The van der Waals surface area contributed by atoms with Gasteiger partial charge in [0.05, 0.1) is 0 Å². The minimum absolute atomic E-state index is 0.766. The maximum absolute atomic E-state index is 5.81. The summed E-state index contributed by atoms with van der Waals surface area (Å²) in [6.45, 7) is 9.59. The van der Waals surface area contributed by atoms with Gasteiger partial charge in [-0.25, -0.2) is 0 Å². The molecule has 0 heterocycles. The molecule has 13 heavy (non-hydrogen) atoms. The zero-order valence-corrected chi connectivity index (χ0v) is 8.01. The molecule has 0 aliphatic heterocycles. The smallest absolute Gasteiger partial charge is 0.0393 e. The molecule has 0 fully saturated rings. The first kappa shape index (κ1) is 9.59. The Morgan fingerprint density at radius 1 is 1.23 bits per heavy atom. The Balaban J connectivity index is 3.34. The van der Waals surface area contributed by atoms with E-state index in [-0.39, 0.29) is 0 Å². The Kier molecular flexibility index (Phi) is 2.91. The van der Waals surface area contributed by atoms with Gasteiger partial charge in [-0.1, -0.05) is 32.2 Å². The van der Waals surface area contributed by atoms with Gasteiger partial charge >= 0.3 is 0 Å². The molecule has 0 atom stereocenters. The molecule has 1 aromatic rings. The van der Waals surface area contributed by atoms with E-state index in [1.54, 1.807) is 6.08 Å². The Morgan fingerprint density at radius 3 is 2.31 bits per heavy atom. The zero-order valence-electron chi connectivity index (χ0n) is 8.01. The number of nitrogens with two attached hydrogens (primary N) is 1. The number of hydrogen-bond acceptors (Lipinski definition) is 1. The molecule has 0 unspecified atom stereocenters. The van der Waals surface area contributed by atoms with Gasteiger partial charge < -0.3 is 5.73 Å². The Bertz CT molecular complexity index is 337. The van der Waals surface area contributed by atoms with Gasteiger partial charge in [-0.05, 0) is 35.2 Å². The minimum Gasteiger partial charge on any atom is -0.398 e. The molecule has 0 radical (unpaired) electrons. The number of anilines is 1. The van der Waals surface area contributed by atoms with E-state index in [9.17, 15) is 0 Å². The summed E-state index contributed by atoms with van der Waals surface area (Å²) in [6, 6.07) is 4.02. The van der Waals surface area contributed by atoms with Crippen LogP contribution in [0.5, 0.6) is 0 Å². The first-order valence-corrected chi connectivity index (χ1v) is 4.40. The first-order valence-electron chi connectivity index (χ1n) is 4.40. The maximum atomic E-state index is 5.81. The van der Waals surface area contributed by atoms with Crippen LogP contribution < -0.4 is 5.73 Å². The molecular weight excluding hydrogens is 158 g/mol. The molecule has 0 aliphatic rings. The lowest BCUT2D eigenvalue weighted by molar-refractivity contribution is 1.13. The van der Waals surface area contributed by atoms with Gasteiger partial charge in [-0.2, -0.15) is 0 Å². The molecule has 1 aromatic carbocycles. The van der Waals surface area contributed by atoms with Gasteiger partial charge in [0.15, 0.2) is 0 Å². The van der Waals surface area contributed by atoms with Crippen LogP contribution in [0.25, 0.3) is 12.2 Å². The van der Waals surface area contributed by atoms with Crippen LogP contribution in [0.1, 0.15) is 23.6 Å². The van der Waals surface area contributed by atoms with Crippen LogP contribution in [-0.2, 0) is 6.42 Å². The van der Waals surface area contributed by atoms with Crippen LogP contribution in [0.2, 0.25) is 0 Å². The molecular formula is C12H15N. The van der Waals surface area contributed by atoms with Crippen molar-refractivity contribution in [3.63, 3.8) is 0 Å². The summed E-state index contributed by atoms with van der Waals surface area (Å²) < 4.78 is 0. The molecule has 68 valence electrons. The summed E-state index contributed by atoms with van der Waals surface area (Å²) in [4.78, 5) is 0. The van der Waals surface area contributed by atoms with E-state index < -0.39 is 0 Å². The fraction of sp³-hybridized carbons (Fsp3) is 0.167. The quantitative estimate of drug-likeness (QED) is 0.698. The highest BCUT2D eigenvalue weighted by Crippen LogP contribution is 2.21. The lowest BCUT2D eigenvalue weighted by Gasteiger charge is -2.07. The van der Waals surface area contributed by atoms with Gasteiger partial charge in [0.1, 0.15) is 0 Å². The van der Waals surface area contributed by atoms with E-state index >= 15 is 0 Å². The van der Waals surface area contributed by atoms with Crippen molar-refractivity contribution in [2.75, 3.05) is 5.73 Å². The van der Waals surface area contributed by atoms with E-state index in [4.69, 9.17) is 5.73 Å². The van der Waals surface area contributed by atoms with E-state index in [1.807, 2.05) is 12.1 Å². The highest BCUT2D eigenvalue weighted by atomic mass is 14.6. The van der Waals surface area contributed by atoms with Crippen molar-refractivity contribution in [2.45, 2.75) is 13.3 Å². The van der Waals surface area contributed by atoms with Gasteiger partial charge in [0.2, 0.25) is 0 Å². The number of benzene rings is 1. The summed E-state index contributed by atoms with van der Waals surface area (Å²) in [5.74, 6) is 0. The second-order valence-electron chi connectivity index (χ2n) is 2.94. The number of nitrogen functional groups attached to an aromatic ring is 1. The topological polar surface area (TPSA) is 26.0 Å². The summed E-state index contributed by atoms with van der Waals surface area (Å²) in [5.41, 5.74) is 9.96. The Hall–Kier alpha value is -1.50. The summed E-state index contributed by atoms with van der Waals surface area (Å²) in [7, 11) is 0.